The van der Waals surface area contributed by atoms with Crippen LogP contribution >= 0.6 is 31.9 Å². The van der Waals surface area contributed by atoms with Crippen molar-refractivity contribution < 1.29 is 9.59 Å². The molecular weight excluding hydrogens is 722 g/mol. The number of benzene rings is 3. The molecule has 0 spiro atoms. The molecule has 1 saturated carbocycles. The summed E-state index contributed by atoms with van der Waals surface area (Å²) in [7, 11) is 0. The van der Waals surface area contributed by atoms with E-state index in [4.69, 9.17) is 10.7 Å². The third-order valence-electron chi connectivity index (χ3n) is 10.1. The van der Waals surface area contributed by atoms with Gasteiger partial charge in [0.2, 0.25) is 0 Å². The maximum Gasteiger partial charge on any atom is 0.322 e. The number of urea groups is 2. The molecule has 3 aromatic carbocycles. The second kappa shape index (κ2) is 13.9. The minimum atomic E-state index is -0.355. The first-order chi connectivity index (χ1) is 22.9. The van der Waals surface area contributed by atoms with E-state index in [0.29, 0.717) is 37.8 Å². The topological polar surface area (TPSA) is 109 Å². The fourth-order valence-corrected chi connectivity index (χ4v) is 8.87. The summed E-state index contributed by atoms with van der Waals surface area (Å²) in [4.78, 5) is 36.3. The van der Waals surface area contributed by atoms with Crippen molar-refractivity contribution in [1.82, 2.24) is 24.7 Å². The van der Waals surface area contributed by atoms with Crippen LogP contribution in [0.1, 0.15) is 74.0 Å². The minimum absolute atomic E-state index is 0.0552. The number of amides is 4. The van der Waals surface area contributed by atoms with Crippen LogP contribution < -0.4 is 16.4 Å². The second-order valence-electron chi connectivity index (χ2n) is 13.0. The van der Waals surface area contributed by atoms with Gasteiger partial charge in [-0.1, -0.05) is 49.6 Å². The fourth-order valence-electron chi connectivity index (χ4n) is 7.59. The van der Waals surface area contributed by atoms with Crippen LogP contribution in [0, 0.1) is 0 Å². The Morgan fingerprint density at radius 3 is 2.40 bits per heavy atom. The maximum atomic E-state index is 14.1. The average molecular weight is 764 g/mol. The van der Waals surface area contributed by atoms with Crippen LogP contribution in [-0.2, 0) is 12.8 Å². The monoisotopic (exact) mass is 761 g/mol. The number of halogens is 2. The third kappa shape index (κ3) is 6.74. The van der Waals surface area contributed by atoms with Gasteiger partial charge in [0.1, 0.15) is 5.82 Å². The molecule has 3 heterocycles. The molecule has 3 aliphatic rings. The predicted octanol–water partition coefficient (Wildman–Crippen LogP) is 8.20. The van der Waals surface area contributed by atoms with Crippen LogP contribution in [-0.4, -0.2) is 57.1 Å². The van der Waals surface area contributed by atoms with Gasteiger partial charge >= 0.3 is 12.1 Å². The molecule has 2 fully saturated rings. The molecule has 1 aromatic heterocycles. The van der Waals surface area contributed by atoms with Crippen molar-refractivity contribution in [2.24, 2.45) is 0 Å². The van der Waals surface area contributed by atoms with E-state index in [-0.39, 0.29) is 24.1 Å². The molecule has 4 N–H and O–H groups in total. The number of aromatic nitrogens is 2. The number of rotatable bonds is 6. The van der Waals surface area contributed by atoms with E-state index in [9.17, 15) is 9.59 Å². The van der Waals surface area contributed by atoms with Gasteiger partial charge in [0, 0.05) is 52.8 Å². The Kier molecular flexibility index (Phi) is 9.45. The number of fused-ring (bicyclic) bond motifs is 2. The lowest BCUT2D eigenvalue weighted by molar-refractivity contribution is 0.133. The van der Waals surface area contributed by atoms with E-state index >= 15 is 0 Å². The highest BCUT2D eigenvalue weighted by Crippen LogP contribution is 2.37. The van der Waals surface area contributed by atoms with Gasteiger partial charge in [-0.2, -0.15) is 0 Å². The molecule has 4 amide bonds. The Labute approximate surface area is 292 Å². The van der Waals surface area contributed by atoms with E-state index < -0.39 is 0 Å². The highest BCUT2D eigenvalue weighted by molar-refractivity contribution is 9.11. The third-order valence-corrected chi connectivity index (χ3v) is 11.4. The van der Waals surface area contributed by atoms with E-state index in [0.717, 1.165) is 74.7 Å². The van der Waals surface area contributed by atoms with Crippen LogP contribution in [0.25, 0.3) is 11.0 Å². The number of piperidine rings is 1. The van der Waals surface area contributed by atoms with Crippen molar-refractivity contribution in [3.63, 3.8) is 0 Å². The van der Waals surface area contributed by atoms with Gasteiger partial charge in [-0.3, -0.25) is 0 Å². The van der Waals surface area contributed by atoms with E-state index in [1.54, 1.807) is 0 Å². The van der Waals surface area contributed by atoms with E-state index in [2.05, 4.69) is 71.3 Å². The van der Waals surface area contributed by atoms with Crippen LogP contribution in [0.4, 0.5) is 21.0 Å². The summed E-state index contributed by atoms with van der Waals surface area (Å²) in [5, 5.41) is 6.52. The van der Waals surface area contributed by atoms with Crippen molar-refractivity contribution in [2.45, 2.75) is 75.9 Å². The number of carbonyl (C=O) groups excluding carboxylic acids is 2. The summed E-state index contributed by atoms with van der Waals surface area (Å²) in [6.07, 6.45) is 8.71. The van der Waals surface area contributed by atoms with Crippen LogP contribution in [0.5, 0.6) is 0 Å². The smallest absolute Gasteiger partial charge is 0.322 e. The summed E-state index contributed by atoms with van der Waals surface area (Å²) < 4.78 is 4.04. The summed E-state index contributed by atoms with van der Waals surface area (Å²) in [5.74, 6) is 0.895. The van der Waals surface area contributed by atoms with Crippen molar-refractivity contribution >= 4 is 66.3 Å². The van der Waals surface area contributed by atoms with Crippen molar-refractivity contribution in [3.05, 3.63) is 86.6 Å². The fraction of sp³-hybridized carbons (Fsp3) is 0.417. The molecule has 1 aliphatic carbocycles. The molecule has 1 atom stereocenters. The van der Waals surface area contributed by atoms with E-state index in [1.807, 2.05) is 46.2 Å². The molecule has 9 nitrogen and oxygen atoms in total. The Hall–Kier alpha value is -3.57. The Bertz CT molecular complexity index is 1760. The number of nitrogen functional groups attached to an aromatic ring is 1. The number of likely N-dealkylation sites (tertiary alicyclic amines) is 1. The molecule has 0 unspecified atom stereocenters. The summed E-state index contributed by atoms with van der Waals surface area (Å²) in [6.45, 7) is 1.84. The van der Waals surface area contributed by atoms with Gasteiger partial charge in [-0.05, 0) is 105 Å². The number of para-hydroxylation sites is 3. The SMILES string of the molecule is Nc1c(Br)cc(C[C@@H](NC(=O)N2CCC(N3CCc4ccccc4NC3=O)CC2)c2nc3ccccc3n2C2CCCCC2)cc1Br. The zero-order valence-corrected chi connectivity index (χ0v) is 29.6. The predicted molar refractivity (Wildman–Crippen MR) is 194 cm³/mol. The Balaban J connectivity index is 1.12. The molecule has 4 aromatic rings. The highest BCUT2D eigenvalue weighted by Gasteiger charge is 2.33. The molecule has 47 heavy (non-hydrogen) atoms. The summed E-state index contributed by atoms with van der Waals surface area (Å²) in [6, 6.07) is 20.3. The largest absolute Gasteiger partial charge is 0.397 e. The number of hydrogen-bond acceptors (Lipinski definition) is 4. The minimum Gasteiger partial charge on any atom is -0.397 e. The van der Waals surface area contributed by atoms with Crippen LogP contribution in [0.3, 0.4) is 0 Å². The number of nitrogens with zero attached hydrogens (tertiary/aromatic N) is 4. The van der Waals surface area contributed by atoms with Gasteiger partial charge in [0.15, 0.2) is 0 Å². The van der Waals surface area contributed by atoms with Crippen LogP contribution in [0.15, 0.2) is 69.6 Å². The number of nitrogens with one attached hydrogen (secondary N) is 2. The standard InChI is InChI=1S/C36H41Br2N7O2/c37-27-20-23(21-28(38)33(27)39)22-31(34-40-30-12-6-7-13-32(30)45(34)26-9-2-1-3-10-26)42-35(46)43-17-15-25(16-18-43)44-19-14-24-8-4-5-11-29(24)41-36(44)47/h4-8,11-13,20-21,25-26,31H,1-3,9-10,14-19,22,39H2,(H,41,47)(H,42,46)/t31-/m1/s1. The number of hydrogen-bond donors (Lipinski definition) is 3. The lowest BCUT2D eigenvalue weighted by Crippen LogP contribution is -2.52. The first-order valence-corrected chi connectivity index (χ1v) is 18.4. The molecule has 1 saturated heterocycles. The lowest BCUT2D eigenvalue weighted by Gasteiger charge is -2.38. The molecule has 2 aliphatic heterocycles. The average Bonchev–Trinajstić information content (AvgIpc) is 3.39. The first-order valence-electron chi connectivity index (χ1n) is 16.8. The number of nitrogens with two attached hydrogens (primary N) is 1. The molecule has 7 rings (SSSR count). The quantitative estimate of drug-likeness (QED) is 0.172. The molecule has 0 bridgehead atoms. The molecule has 11 heteroatoms. The number of anilines is 2. The molecule has 246 valence electrons. The van der Waals surface area contributed by atoms with Gasteiger partial charge < -0.3 is 30.7 Å². The van der Waals surface area contributed by atoms with Crippen LogP contribution in [0.2, 0.25) is 0 Å². The van der Waals surface area contributed by atoms with Gasteiger partial charge in [-0.15, -0.1) is 0 Å². The highest BCUT2D eigenvalue weighted by atomic mass is 79.9. The van der Waals surface area contributed by atoms with Gasteiger partial charge in [0.25, 0.3) is 0 Å². The molecular formula is C36H41Br2N7O2. The first kappa shape index (κ1) is 32.0. The molecule has 0 radical (unpaired) electrons. The second-order valence-corrected chi connectivity index (χ2v) is 14.8. The van der Waals surface area contributed by atoms with E-state index in [1.165, 1.54) is 19.3 Å². The zero-order chi connectivity index (χ0) is 32.5. The lowest BCUT2D eigenvalue weighted by atomic mass is 9.94. The maximum absolute atomic E-state index is 14.1. The van der Waals surface area contributed by atoms with Crippen molar-refractivity contribution in [1.29, 1.82) is 0 Å². The zero-order valence-electron chi connectivity index (χ0n) is 26.4. The number of imidazole rings is 1. The van der Waals surface area contributed by atoms with Gasteiger partial charge in [0.05, 0.1) is 22.8 Å². The Morgan fingerprint density at radius 1 is 0.936 bits per heavy atom. The van der Waals surface area contributed by atoms with Crippen molar-refractivity contribution in [2.75, 3.05) is 30.7 Å². The van der Waals surface area contributed by atoms with Crippen molar-refractivity contribution in [3.8, 4) is 0 Å². The Morgan fingerprint density at radius 2 is 1.64 bits per heavy atom. The summed E-state index contributed by atoms with van der Waals surface area (Å²) in [5.41, 5.74) is 12.0. The van der Waals surface area contributed by atoms with Gasteiger partial charge in [-0.25, -0.2) is 14.6 Å². The number of carbonyl (C=O) groups is 2. The normalized spacial score (nSPS) is 18.5. The summed E-state index contributed by atoms with van der Waals surface area (Å²) >= 11 is 7.23.